The fourth-order valence-electron chi connectivity index (χ4n) is 2.09. The molecule has 1 aliphatic heterocycles. The first-order valence-electron chi connectivity index (χ1n) is 4.67. The Kier molecular flexibility index (Phi) is 1.41. The fraction of sp³-hybridized carbons (Fsp3) is 0.182. The smallest absolute Gasteiger partial charge is 0.149 e. The molecule has 1 aliphatic rings. The van der Waals surface area contributed by atoms with Crippen LogP contribution in [0.4, 0.5) is 4.39 Å². The van der Waals surface area contributed by atoms with Gasteiger partial charge in [0, 0.05) is 18.0 Å². The monoisotopic (exact) mass is 204 g/mol. The summed E-state index contributed by atoms with van der Waals surface area (Å²) in [6.07, 6.45) is 3.38. The molecule has 3 nitrogen and oxygen atoms in total. The average molecular weight is 204 g/mol. The maximum absolute atomic E-state index is 13.1. The van der Waals surface area contributed by atoms with E-state index in [0.29, 0.717) is 11.4 Å². The third-order valence-corrected chi connectivity index (χ3v) is 2.82. The lowest BCUT2D eigenvalue weighted by molar-refractivity contribution is 0.0987. The van der Waals surface area contributed by atoms with Gasteiger partial charge in [-0.05, 0) is 25.1 Å². The molecule has 0 fully saturated rings. The standard InChI is InChI=1S/C11H9FN2O/c1-11(15)8-6-7(12)2-3-9(8)14-5-4-13-10(11)14/h2-6,15H,1H3/t11-/m0/s1. The Hall–Kier alpha value is -1.68. The van der Waals surface area contributed by atoms with Gasteiger partial charge in [-0.15, -0.1) is 0 Å². The number of aliphatic hydroxyl groups is 1. The zero-order chi connectivity index (χ0) is 10.6. The molecule has 4 heteroatoms. The number of halogens is 1. The SMILES string of the molecule is C[C@]1(O)c2cc(F)ccc2-n2ccnc21. The number of imidazole rings is 1. The van der Waals surface area contributed by atoms with E-state index < -0.39 is 5.60 Å². The molecule has 0 radical (unpaired) electrons. The Morgan fingerprint density at radius 2 is 2.27 bits per heavy atom. The summed E-state index contributed by atoms with van der Waals surface area (Å²) in [6, 6.07) is 4.38. The summed E-state index contributed by atoms with van der Waals surface area (Å²) in [5, 5.41) is 10.3. The predicted octanol–water partition coefficient (Wildman–Crippen LogP) is 1.58. The molecule has 1 aromatic carbocycles. The van der Waals surface area contributed by atoms with Crippen LogP contribution in [0.15, 0.2) is 30.6 Å². The maximum atomic E-state index is 13.1. The second-order valence-electron chi connectivity index (χ2n) is 3.85. The molecule has 0 unspecified atom stereocenters. The van der Waals surface area contributed by atoms with Gasteiger partial charge in [0.15, 0.2) is 0 Å². The lowest BCUT2D eigenvalue weighted by Gasteiger charge is -2.15. The molecule has 76 valence electrons. The minimum atomic E-state index is -1.21. The van der Waals surface area contributed by atoms with Crippen molar-refractivity contribution in [2.24, 2.45) is 0 Å². The first-order chi connectivity index (χ1) is 7.10. The molecule has 0 spiro atoms. The van der Waals surface area contributed by atoms with E-state index in [1.54, 1.807) is 30.0 Å². The maximum Gasteiger partial charge on any atom is 0.149 e. The predicted molar refractivity (Wildman–Crippen MR) is 52.2 cm³/mol. The van der Waals surface area contributed by atoms with Crippen LogP contribution in [0.5, 0.6) is 0 Å². The van der Waals surface area contributed by atoms with Crippen LogP contribution in [-0.2, 0) is 5.60 Å². The largest absolute Gasteiger partial charge is 0.377 e. The van der Waals surface area contributed by atoms with Crippen molar-refractivity contribution in [1.82, 2.24) is 9.55 Å². The zero-order valence-electron chi connectivity index (χ0n) is 8.11. The van der Waals surface area contributed by atoms with Crippen LogP contribution in [0.25, 0.3) is 5.69 Å². The summed E-state index contributed by atoms with van der Waals surface area (Å²) in [5.41, 5.74) is 0.139. The summed E-state index contributed by atoms with van der Waals surface area (Å²) < 4.78 is 14.9. The topological polar surface area (TPSA) is 38.0 Å². The summed E-state index contributed by atoms with van der Waals surface area (Å²) in [5.74, 6) is 0.183. The Balaban J connectivity index is 2.39. The van der Waals surface area contributed by atoms with Crippen molar-refractivity contribution >= 4 is 0 Å². The van der Waals surface area contributed by atoms with Crippen molar-refractivity contribution in [3.63, 3.8) is 0 Å². The van der Waals surface area contributed by atoms with Gasteiger partial charge in [-0.1, -0.05) is 0 Å². The van der Waals surface area contributed by atoms with Crippen molar-refractivity contribution in [2.75, 3.05) is 0 Å². The number of aromatic nitrogens is 2. The van der Waals surface area contributed by atoms with Crippen LogP contribution in [0, 0.1) is 5.82 Å². The number of benzene rings is 1. The number of fused-ring (bicyclic) bond motifs is 3. The molecule has 15 heavy (non-hydrogen) atoms. The molecule has 3 rings (SSSR count). The molecule has 1 aromatic heterocycles. The van der Waals surface area contributed by atoms with E-state index in [1.165, 1.54) is 12.1 Å². The number of nitrogens with zero attached hydrogens (tertiary/aromatic N) is 2. The molecule has 2 aromatic rings. The van der Waals surface area contributed by atoms with Crippen molar-refractivity contribution < 1.29 is 9.50 Å². The number of hydrogen-bond donors (Lipinski definition) is 1. The highest BCUT2D eigenvalue weighted by molar-refractivity contribution is 5.53. The van der Waals surface area contributed by atoms with Gasteiger partial charge < -0.3 is 9.67 Å². The first-order valence-corrected chi connectivity index (χ1v) is 4.67. The van der Waals surface area contributed by atoms with E-state index in [9.17, 15) is 9.50 Å². The van der Waals surface area contributed by atoms with Gasteiger partial charge in [-0.2, -0.15) is 0 Å². The van der Waals surface area contributed by atoms with Crippen LogP contribution in [-0.4, -0.2) is 14.7 Å². The fourth-order valence-corrected chi connectivity index (χ4v) is 2.09. The van der Waals surface area contributed by atoms with E-state index in [2.05, 4.69) is 4.98 Å². The van der Waals surface area contributed by atoms with Gasteiger partial charge >= 0.3 is 0 Å². The third-order valence-electron chi connectivity index (χ3n) is 2.82. The van der Waals surface area contributed by atoms with Crippen molar-refractivity contribution in [3.8, 4) is 5.69 Å². The molecule has 1 atom stereocenters. The highest BCUT2D eigenvalue weighted by Gasteiger charge is 2.39. The lowest BCUT2D eigenvalue weighted by atomic mass is 9.97. The molecular weight excluding hydrogens is 195 g/mol. The second kappa shape index (κ2) is 2.46. The van der Waals surface area contributed by atoms with E-state index in [1.807, 2.05) is 0 Å². The van der Waals surface area contributed by atoms with E-state index in [4.69, 9.17) is 0 Å². The minimum absolute atomic E-state index is 0.347. The molecule has 0 saturated carbocycles. The molecule has 1 N–H and O–H groups in total. The van der Waals surface area contributed by atoms with E-state index >= 15 is 0 Å². The van der Waals surface area contributed by atoms with Crippen LogP contribution in [0.2, 0.25) is 0 Å². The molecule has 2 heterocycles. The molecule has 0 amide bonds. The van der Waals surface area contributed by atoms with E-state index in [-0.39, 0.29) is 5.82 Å². The quantitative estimate of drug-likeness (QED) is 0.707. The highest BCUT2D eigenvalue weighted by atomic mass is 19.1. The Morgan fingerprint density at radius 3 is 3.07 bits per heavy atom. The average Bonchev–Trinajstić information content (AvgIpc) is 2.72. The van der Waals surface area contributed by atoms with Gasteiger partial charge in [0.1, 0.15) is 17.2 Å². The van der Waals surface area contributed by atoms with Gasteiger partial charge in [0.25, 0.3) is 0 Å². The number of rotatable bonds is 0. The van der Waals surface area contributed by atoms with Crippen molar-refractivity contribution in [3.05, 3.63) is 47.8 Å². The lowest BCUT2D eigenvalue weighted by Crippen LogP contribution is -2.20. The minimum Gasteiger partial charge on any atom is -0.377 e. The summed E-state index contributed by atoms with van der Waals surface area (Å²) >= 11 is 0. The van der Waals surface area contributed by atoms with Crippen molar-refractivity contribution in [1.29, 1.82) is 0 Å². The summed E-state index contributed by atoms with van der Waals surface area (Å²) in [6.45, 7) is 1.62. The molecular formula is C11H9FN2O. The van der Waals surface area contributed by atoms with Gasteiger partial charge in [-0.3, -0.25) is 0 Å². The zero-order valence-corrected chi connectivity index (χ0v) is 8.11. The highest BCUT2D eigenvalue weighted by Crippen LogP contribution is 2.39. The van der Waals surface area contributed by atoms with E-state index in [0.717, 1.165) is 5.69 Å². The normalized spacial score (nSPS) is 22.6. The van der Waals surface area contributed by atoms with Gasteiger partial charge in [-0.25, -0.2) is 9.37 Å². The summed E-state index contributed by atoms with van der Waals surface area (Å²) in [4.78, 5) is 4.08. The second-order valence-corrected chi connectivity index (χ2v) is 3.85. The van der Waals surface area contributed by atoms with Crippen LogP contribution in [0.1, 0.15) is 18.3 Å². The Labute approximate surface area is 85.8 Å². The van der Waals surface area contributed by atoms with Crippen LogP contribution in [0.3, 0.4) is 0 Å². The molecule has 0 bridgehead atoms. The van der Waals surface area contributed by atoms with Crippen molar-refractivity contribution in [2.45, 2.75) is 12.5 Å². The number of hydrogen-bond acceptors (Lipinski definition) is 2. The first kappa shape index (κ1) is 8.61. The van der Waals surface area contributed by atoms with Crippen LogP contribution < -0.4 is 0 Å². The summed E-state index contributed by atoms with van der Waals surface area (Å²) in [7, 11) is 0. The Bertz CT molecular complexity index is 545. The Morgan fingerprint density at radius 1 is 1.47 bits per heavy atom. The van der Waals surface area contributed by atoms with Gasteiger partial charge in [0.05, 0.1) is 5.69 Å². The van der Waals surface area contributed by atoms with Gasteiger partial charge in [0.2, 0.25) is 0 Å². The molecule has 0 aliphatic carbocycles. The third kappa shape index (κ3) is 0.942. The van der Waals surface area contributed by atoms with Crippen LogP contribution >= 0.6 is 0 Å². The molecule has 0 saturated heterocycles.